The Balaban J connectivity index is 3.02. The average molecular weight is 272 g/mol. The molecular weight excluding hydrogens is 256 g/mol. The second-order valence-corrected chi connectivity index (χ2v) is 6.69. The molecule has 0 aromatic heterocycles. The lowest BCUT2D eigenvalue weighted by atomic mass is 10.2. The molecule has 7 heteroatoms. The van der Waals surface area contributed by atoms with Crippen LogP contribution >= 0.6 is 0 Å². The summed E-state index contributed by atoms with van der Waals surface area (Å²) in [6.45, 7) is 3.32. The Bertz CT molecular complexity index is 522. The van der Waals surface area contributed by atoms with Crippen LogP contribution in [0.4, 0.5) is 5.69 Å². The van der Waals surface area contributed by atoms with Gasteiger partial charge in [0.2, 0.25) is 0 Å². The summed E-state index contributed by atoms with van der Waals surface area (Å²) in [7, 11) is -3.48. The van der Waals surface area contributed by atoms with Crippen molar-refractivity contribution in [2.24, 2.45) is 5.73 Å². The molecular formula is C11H16N2O4S. The molecule has 2 unspecified atom stereocenters. The predicted molar refractivity (Wildman–Crippen MR) is 68.0 cm³/mol. The summed E-state index contributed by atoms with van der Waals surface area (Å²) in [4.78, 5) is 10.00. The molecule has 0 bridgehead atoms. The zero-order chi connectivity index (χ0) is 13.9. The van der Waals surface area contributed by atoms with E-state index in [1.165, 1.54) is 24.3 Å². The summed E-state index contributed by atoms with van der Waals surface area (Å²) in [5, 5.41) is 9.87. The second kappa shape index (κ2) is 5.45. The molecule has 0 fully saturated rings. The van der Waals surface area contributed by atoms with Gasteiger partial charge in [-0.05, 0) is 32.4 Å². The molecule has 2 atom stereocenters. The lowest BCUT2D eigenvalue weighted by molar-refractivity contribution is -0.384. The Morgan fingerprint density at radius 1 is 1.28 bits per heavy atom. The van der Waals surface area contributed by atoms with E-state index in [1.54, 1.807) is 13.8 Å². The molecule has 0 saturated heterocycles. The van der Waals surface area contributed by atoms with Gasteiger partial charge >= 0.3 is 0 Å². The quantitative estimate of drug-likeness (QED) is 0.646. The van der Waals surface area contributed by atoms with Crippen LogP contribution in [0.5, 0.6) is 0 Å². The van der Waals surface area contributed by atoms with Crippen molar-refractivity contribution in [1.29, 1.82) is 0 Å². The van der Waals surface area contributed by atoms with Gasteiger partial charge in [0.25, 0.3) is 5.69 Å². The van der Waals surface area contributed by atoms with Crippen molar-refractivity contribution in [2.75, 3.05) is 0 Å². The molecule has 0 spiro atoms. The first kappa shape index (κ1) is 14.6. The molecule has 0 amide bonds. The Kier molecular flexibility index (Phi) is 4.42. The molecule has 1 rings (SSSR count). The number of nitrogens with zero attached hydrogens (tertiary/aromatic N) is 1. The number of non-ortho nitro benzene ring substituents is 1. The summed E-state index contributed by atoms with van der Waals surface area (Å²) in [6, 6.07) is 4.67. The highest BCUT2D eigenvalue weighted by molar-refractivity contribution is 7.92. The van der Waals surface area contributed by atoms with Crippen molar-refractivity contribution in [3.63, 3.8) is 0 Å². The van der Waals surface area contributed by atoms with Gasteiger partial charge in [-0.3, -0.25) is 10.1 Å². The molecule has 1 aromatic rings. The molecule has 0 aliphatic heterocycles. The number of hydrogen-bond donors (Lipinski definition) is 1. The van der Waals surface area contributed by atoms with Gasteiger partial charge < -0.3 is 5.73 Å². The predicted octanol–water partition coefficient (Wildman–Crippen LogP) is 1.49. The van der Waals surface area contributed by atoms with E-state index in [0.717, 1.165) is 0 Å². The van der Waals surface area contributed by atoms with E-state index in [4.69, 9.17) is 5.73 Å². The maximum atomic E-state index is 12.1. The molecule has 0 radical (unpaired) electrons. The van der Waals surface area contributed by atoms with Crippen LogP contribution in [-0.4, -0.2) is 24.6 Å². The van der Waals surface area contributed by atoms with E-state index in [9.17, 15) is 18.5 Å². The first-order valence-electron chi connectivity index (χ1n) is 5.49. The van der Waals surface area contributed by atoms with E-state index >= 15 is 0 Å². The molecule has 0 saturated carbocycles. The van der Waals surface area contributed by atoms with Crippen LogP contribution in [0, 0.1) is 10.1 Å². The van der Waals surface area contributed by atoms with Crippen LogP contribution in [0.2, 0.25) is 0 Å². The Morgan fingerprint density at radius 3 is 2.17 bits per heavy atom. The molecule has 0 aliphatic carbocycles. The third-order valence-electron chi connectivity index (χ3n) is 2.61. The van der Waals surface area contributed by atoms with Gasteiger partial charge in [0.05, 0.1) is 15.1 Å². The van der Waals surface area contributed by atoms with Gasteiger partial charge in [0, 0.05) is 18.2 Å². The van der Waals surface area contributed by atoms with E-state index in [2.05, 4.69) is 0 Å². The molecule has 18 heavy (non-hydrogen) atoms. The molecule has 6 nitrogen and oxygen atoms in total. The van der Waals surface area contributed by atoms with Crippen molar-refractivity contribution < 1.29 is 13.3 Å². The van der Waals surface area contributed by atoms with E-state index in [-0.39, 0.29) is 16.6 Å². The number of sulfone groups is 1. The lowest BCUT2D eigenvalue weighted by Gasteiger charge is -2.14. The minimum atomic E-state index is -3.48. The van der Waals surface area contributed by atoms with Gasteiger partial charge in [-0.1, -0.05) is 0 Å². The van der Waals surface area contributed by atoms with Gasteiger partial charge in [-0.25, -0.2) is 8.42 Å². The van der Waals surface area contributed by atoms with Gasteiger partial charge in [0.1, 0.15) is 0 Å². The Hall–Kier alpha value is -1.47. The van der Waals surface area contributed by atoms with Crippen LogP contribution in [0.15, 0.2) is 29.2 Å². The Morgan fingerprint density at radius 2 is 1.78 bits per heavy atom. The van der Waals surface area contributed by atoms with Crippen molar-refractivity contribution >= 4 is 15.5 Å². The number of hydrogen-bond acceptors (Lipinski definition) is 5. The fourth-order valence-electron chi connectivity index (χ4n) is 1.64. The highest BCUT2D eigenvalue weighted by Gasteiger charge is 2.24. The number of benzene rings is 1. The largest absolute Gasteiger partial charge is 0.328 e. The van der Waals surface area contributed by atoms with E-state index < -0.39 is 20.0 Å². The first-order valence-corrected chi connectivity index (χ1v) is 7.03. The van der Waals surface area contributed by atoms with E-state index in [1.807, 2.05) is 0 Å². The van der Waals surface area contributed by atoms with Gasteiger partial charge in [-0.15, -0.1) is 0 Å². The van der Waals surface area contributed by atoms with Crippen molar-refractivity contribution in [3.05, 3.63) is 34.4 Å². The van der Waals surface area contributed by atoms with Crippen molar-refractivity contribution in [2.45, 2.75) is 36.5 Å². The third kappa shape index (κ3) is 3.27. The van der Waals surface area contributed by atoms with Crippen molar-refractivity contribution in [1.82, 2.24) is 0 Å². The molecule has 100 valence electrons. The Labute approximate surface area is 106 Å². The smallest absolute Gasteiger partial charge is 0.269 e. The SMILES string of the molecule is CC(N)CC(C)S(=O)(=O)c1ccc([N+](=O)[O-])cc1. The minimum Gasteiger partial charge on any atom is -0.328 e. The fourth-order valence-corrected chi connectivity index (χ4v) is 3.18. The van der Waals surface area contributed by atoms with Gasteiger partial charge in [-0.2, -0.15) is 0 Å². The lowest BCUT2D eigenvalue weighted by Crippen LogP contribution is -2.27. The van der Waals surface area contributed by atoms with E-state index in [0.29, 0.717) is 6.42 Å². The second-order valence-electron chi connectivity index (χ2n) is 4.32. The molecule has 0 heterocycles. The molecule has 2 N–H and O–H groups in total. The zero-order valence-corrected chi connectivity index (χ0v) is 11.1. The summed E-state index contributed by atoms with van der Waals surface area (Å²) in [6.07, 6.45) is 0.347. The number of nitrogens with two attached hydrogens (primary N) is 1. The monoisotopic (exact) mass is 272 g/mol. The van der Waals surface area contributed by atoms with Crippen LogP contribution in [0.1, 0.15) is 20.3 Å². The molecule has 0 aliphatic rings. The maximum absolute atomic E-state index is 12.1. The zero-order valence-electron chi connectivity index (χ0n) is 10.2. The highest BCUT2D eigenvalue weighted by Crippen LogP contribution is 2.21. The topological polar surface area (TPSA) is 103 Å². The fraction of sp³-hybridized carbons (Fsp3) is 0.455. The average Bonchev–Trinajstić information content (AvgIpc) is 2.28. The number of nitro groups is 1. The van der Waals surface area contributed by atoms with Gasteiger partial charge in [0.15, 0.2) is 9.84 Å². The van der Waals surface area contributed by atoms with Crippen LogP contribution in [0.3, 0.4) is 0 Å². The summed E-state index contributed by atoms with van der Waals surface area (Å²) < 4.78 is 24.2. The third-order valence-corrected chi connectivity index (χ3v) is 4.79. The number of nitro benzene ring substituents is 1. The molecule has 1 aromatic carbocycles. The summed E-state index contributed by atoms with van der Waals surface area (Å²) in [5.41, 5.74) is 5.45. The summed E-state index contributed by atoms with van der Waals surface area (Å²) >= 11 is 0. The van der Waals surface area contributed by atoms with Crippen LogP contribution in [-0.2, 0) is 9.84 Å². The standard InChI is InChI=1S/C11H16N2O4S/c1-8(12)7-9(2)18(16,17)11-5-3-10(4-6-11)13(14)15/h3-6,8-9H,7,12H2,1-2H3. The van der Waals surface area contributed by atoms with Crippen LogP contribution in [0.25, 0.3) is 0 Å². The van der Waals surface area contributed by atoms with Crippen LogP contribution < -0.4 is 5.73 Å². The summed E-state index contributed by atoms with van der Waals surface area (Å²) in [5.74, 6) is 0. The normalized spacial score (nSPS) is 15.1. The minimum absolute atomic E-state index is 0.0845. The maximum Gasteiger partial charge on any atom is 0.269 e. The first-order chi connectivity index (χ1) is 8.25. The number of rotatable bonds is 5. The highest BCUT2D eigenvalue weighted by atomic mass is 32.2. The van der Waals surface area contributed by atoms with Crippen molar-refractivity contribution in [3.8, 4) is 0 Å².